The summed E-state index contributed by atoms with van der Waals surface area (Å²) in [6, 6.07) is 12.1. The molecule has 3 rings (SSSR count). The Morgan fingerprint density at radius 2 is 1.76 bits per heavy atom. The van der Waals surface area contributed by atoms with Crippen molar-refractivity contribution in [3.8, 4) is 6.07 Å². The van der Waals surface area contributed by atoms with Gasteiger partial charge >= 0.3 is 6.18 Å². The fourth-order valence-corrected chi connectivity index (χ4v) is 3.29. The third-order valence-corrected chi connectivity index (χ3v) is 5.13. The van der Waals surface area contributed by atoms with Crippen molar-refractivity contribution in [1.82, 2.24) is 4.98 Å². The summed E-state index contributed by atoms with van der Waals surface area (Å²) in [7, 11) is 0. The molecule has 10 heteroatoms. The average molecular weight is 470 g/mol. The SMILES string of the molecule is CCCCc1ccc(Nc2nc(N)c(/N=N/c3c(F)cccc3C(F)(F)F)c(C)c2C#N)cc1. The van der Waals surface area contributed by atoms with Crippen molar-refractivity contribution < 1.29 is 17.6 Å². The number of aryl methyl sites for hydroxylation is 1. The second-order valence-corrected chi connectivity index (χ2v) is 7.57. The highest BCUT2D eigenvalue weighted by molar-refractivity contribution is 5.75. The molecule has 6 nitrogen and oxygen atoms in total. The summed E-state index contributed by atoms with van der Waals surface area (Å²) < 4.78 is 53.7. The van der Waals surface area contributed by atoms with Gasteiger partial charge in [-0.1, -0.05) is 31.5 Å². The molecule has 0 amide bonds. The van der Waals surface area contributed by atoms with Gasteiger partial charge in [0.15, 0.2) is 17.5 Å². The number of aromatic nitrogens is 1. The first-order valence-electron chi connectivity index (χ1n) is 10.5. The normalized spacial score (nSPS) is 11.6. The van der Waals surface area contributed by atoms with E-state index >= 15 is 0 Å². The molecular weight excluding hydrogens is 448 g/mol. The van der Waals surface area contributed by atoms with E-state index in [4.69, 9.17) is 5.73 Å². The van der Waals surface area contributed by atoms with Gasteiger partial charge in [0.1, 0.15) is 17.4 Å². The number of nitrogens with two attached hydrogens (primary N) is 1. The van der Waals surface area contributed by atoms with E-state index in [1.807, 2.05) is 30.3 Å². The number of nitriles is 1. The highest BCUT2D eigenvalue weighted by atomic mass is 19.4. The molecule has 0 aliphatic rings. The molecule has 0 saturated carbocycles. The van der Waals surface area contributed by atoms with Crippen LogP contribution in [0.25, 0.3) is 0 Å². The zero-order chi connectivity index (χ0) is 24.9. The number of pyridine rings is 1. The fraction of sp³-hybridized carbons (Fsp3) is 0.250. The van der Waals surface area contributed by atoms with Crippen LogP contribution in [0.15, 0.2) is 52.7 Å². The molecule has 0 unspecified atom stereocenters. The first-order valence-corrected chi connectivity index (χ1v) is 10.5. The molecule has 0 radical (unpaired) electrons. The average Bonchev–Trinajstić information content (AvgIpc) is 2.78. The lowest BCUT2D eigenvalue weighted by atomic mass is 10.1. The van der Waals surface area contributed by atoms with Crippen LogP contribution in [0.3, 0.4) is 0 Å². The van der Waals surface area contributed by atoms with Crippen LogP contribution in [0.1, 0.15) is 42.0 Å². The number of hydrogen-bond donors (Lipinski definition) is 2. The summed E-state index contributed by atoms with van der Waals surface area (Å²) >= 11 is 0. The van der Waals surface area contributed by atoms with Crippen molar-refractivity contribution in [2.45, 2.75) is 39.3 Å². The smallest absolute Gasteiger partial charge is 0.382 e. The number of unbranched alkanes of at least 4 members (excludes halogenated alkanes) is 1. The molecular formula is C24H22F4N6. The summed E-state index contributed by atoms with van der Waals surface area (Å²) in [6.45, 7) is 3.63. The Labute approximate surface area is 194 Å². The molecule has 1 heterocycles. The zero-order valence-electron chi connectivity index (χ0n) is 18.5. The van der Waals surface area contributed by atoms with E-state index in [0.29, 0.717) is 11.8 Å². The number of halogens is 4. The molecule has 0 aliphatic heterocycles. The first kappa shape index (κ1) is 24.6. The molecule has 1 aromatic heterocycles. The van der Waals surface area contributed by atoms with Gasteiger partial charge in [-0.25, -0.2) is 9.37 Å². The molecule has 0 fully saturated rings. The van der Waals surface area contributed by atoms with Crippen LogP contribution in [0, 0.1) is 24.1 Å². The van der Waals surface area contributed by atoms with Gasteiger partial charge in [0.2, 0.25) is 0 Å². The van der Waals surface area contributed by atoms with E-state index in [2.05, 4.69) is 27.5 Å². The minimum absolute atomic E-state index is 0.0859. The largest absolute Gasteiger partial charge is 0.418 e. The Hall–Kier alpha value is -4.00. The van der Waals surface area contributed by atoms with Gasteiger partial charge in [-0.05, 0) is 49.6 Å². The molecule has 0 bridgehead atoms. The second kappa shape index (κ2) is 10.3. The van der Waals surface area contributed by atoms with E-state index in [0.717, 1.165) is 31.4 Å². The molecule has 3 aromatic rings. The second-order valence-electron chi connectivity index (χ2n) is 7.57. The van der Waals surface area contributed by atoms with Gasteiger partial charge in [0.25, 0.3) is 0 Å². The minimum atomic E-state index is -4.83. The van der Waals surface area contributed by atoms with Crippen LogP contribution < -0.4 is 11.1 Å². The van der Waals surface area contributed by atoms with E-state index in [9.17, 15) is 22.8 Å². The number of benzene rings is 2. The number of hydrogen-bond acceptors (Lipinski definition) is 6. The lowest BCUT2D eigenvalue weighted by molar-refractivity contribution is -0.137. The van der Waals surface area contributed by atoms with E-state index < -0.39 is 23.2 Å². The number of rotatable bonds is 7. The third-order valence-electron chi connectivity index (χ3n) is 5.13. The van der Waals surface area contributed by atoms with Crippen LogP contribution in [0.4, 0.5) is 46.3 Å². The Bertz CT molecular complexity index is 1240. The van der Waals surface area contributed by atoms with Crippen molar-refractivity contribution in [3.63, 3.8) is 0 Å². The Kier molecular flexibility index (Phi) is 7.46. The zero-order valence-corrected chi connectivity index (χ0v) is 18.5. The lowest BCUT2D eigenvalue weighted by Crippen LogP contribution is -2.06. The Morgan fingerprint density at radius 1 is 1.09 bits per heavy atom. The summed E-state index contributed by atoms with van der Waals surface area (Å²) in [5, 5.41) is 19.9. The molecule has 3 N–H and O–H groups in total. The van der Waals surface area contributed by atoms with Crippen LogP contribution in [0.2, 0.25) is 0 Å². The maximum atomic E-state index is 14.1. The highest BCUT2D eigenvalue weighted by Crippen LogP contribution is 2.40. The van der Waals surface area contributed by atoms with Crippen LogP contribution in [0.5, 0.6) is 0 Å². The van der Waals surface area contributed by atoms with Crippen LogP contribution in [-0.2, 0) is 12.6 Å². The molecule has 176 valence electrons. The summed E-state index contributed by atoms with van der Waals surface area (Å²) in [5.41, 5.74) is 5.79. The molecule has 34 heavy (non-hydrogen) atoms. The third kappa shape index (κ3) is 5.49. The molecule has 0 aliphatic carbocycles. The Balaban J connectivity index is 1.95. The van der Waals surface area contributed by atoms with Gasteiger partial charge in [-0.2, -0.15) is 18.4 Å². The van der Waals surface area contributed by atoms with E-state index in [-0.39, 0.29) is 28.5 Å². The van der Waals surface area contributed by atoms with Gasteiger partial charge in [0, 0.05) is 11.3 Å². The van der Waals surface area contributed by atoms with Crippen molar-refractivity contribution >= 4 is 28.7 Å². The number of nitrogens with zero attached hydrogens (tertiary/aromatic N) is 4. The first-order chi connectivity index (χ1) is 16.2. The van der Waals surface area contributed by atoms with Crippen molar-refractivity contribution in [2.75, 3.05) is 11.1 Å². The maximum Gasteiger partial charge on any atom is 0.418 e. The van der Waals surface area contributed by atoms with Crippen LogP contribution in [-0.4, -0.2) is 4.98 Å². The number of alkyl halides is 3. The summed E-state index contributed by atoms with van der Waals surface area (Å²) in [4.78, 5) is 4.15. The quantitative estimate of drug-likeness (QED) is 0.276. The fourth-order valence-electron chi connectivity index (χ4n) is 3.29. The minimum Gasteiger partial charge on any atom is -0.382 e. The standard InChI is InChI=1S/C24H22F4N6/c1-3-4-6-15-9-11-16(12-10-15)31-23-17(13-29)14(2)20(22(30)32-23)33-34-21-18(24(26,27)28)7-5-8-19(21)25/h5,7-12H,3-4,6H2,1-2H3,(H3,30,31,32)/b34-33+. The monoisotopic (exact) mass is 470 g/mol. The molecule has 0 spiro atoms. The molecule has 0 saturated heterocycles. The number of anilines is 3. The van der Waals surface area contributed by atoms with E-state index in [1.54, 1.807) is 0 Å². The van der Waals surface area contributed by atoms with Gasteiger partial charge < -0.3 is 11.1 Å². The van der Waals surface area contributed by atoms with Crippen molar-refractivity contribution in [3.05, 3.63) is 70.5 Å². The van der Waals surface area contributed by atoms with Gasteiger partial charge in [0.05, 0.1) is 11.1 Å². The van der Waals surface area contributed by atoms with Gasteiger partial charge in [-0.3, -0.25) is 0 Å². The number of nitrogens with one attached hydrogen (secondary N) is 1. The van der Waals surface area contributed by atoms with Crippen LogP contribution >= 0.6 is 0 Å². The van der Waals surface area contributed by atoms with Crippen molar-refractivity contribution in [2.24, 2.45) is 10.2 Å². The predicted molar refractivity (Wildman–Crippen MR) is 122 cm³/mol. The number of azo groups is 1. The van der Waals surface area contributed by atoms with Gasteiger partial charge in [-0.15, -0.1) is 10.2 Å². The topological polar surface area (TPSA) is 99.4 Å². The molecule has 2 aromatic carbocycles. The Morgan fingerprint density at radius 3 is 2.38 bits per heavy atom. The predicted octanol–water partition coefficient (Wildman–Crippen LogP) is 7.50. The summed E-state index contributed by atoms with van der Waals surface area (Å²) in [5.74, 6) is -1.20. The van der Waals surface area contributed by atoms with E-state index in [1.165, 1.54) is 12.5 Å². The highest BCUT2D eigenvalue weighted by Gasteiger charge is 2.35. The molecule has 0 atom stereocenters. The lowest BCUT2D eigenvalue weighted by Gasteiger charge is -2.13. The summed E-state index contributed by atoms with van der Waals surface area (Å²) in [6.07, 6.45) is -1.70. The van der Waals surface area contributed by atoms with Crippen molar-refractivity contribution in [1.29, 1.82) is 5.26 Å². The number of nitrogen functional groups attached to an aromatic ring is 1. The maximum absolute atomic E-state index is 14.1.